The lowest BCUT2D eigenvalue weighted by molar-refractivity contribution is 0.106. The number of hydrogen-bond donors (Lipinski definition) is 0. The first kappa shape index (κ1) is 13.1. The first-order valence-corrected chi connectivity index (χ1v) is 7.23. The van der Waals surface area contributed by atoms with Crippen LogP contribution in [0.15, 0.2) is 35.3 Å². The highest BCUT2D eigenvalue weighted by atomic mass is 16.5. The van der Waals surface area contributed by atoms with Crippen LogP contribution in [0.3, 0.4) is 0 Å². The Morgan fingerprint density at radius 3 is 2.55 bits per heavy atom. The topological polar surface area (TPSA) is 47.9 Å². The lowest BCUT2D eigenvalue weighted by Gasteiger charge is -2.28. The number of Topliss-reactive ketones (excluding diaryl/α,β-unsaturated/α-hetero) is 1. The number of carbonyl (C=O) groups excluding carboxylic acids is 1. The van der Waals surface area contributed by atoms with Crippen molar-refractivity contribution in [1.29, 1.82) is 0 Å². The zero-order chi connectivity index (χ0) is 15.3. The molecule has 0 aromatic heterocycles. The quantitative estimate of drug-likeness (QED) is 0.855. The summed E-state index contributed by atoms with van der Waals surface area (Å²) in [6, 6.07) is 9.57. The number of ketones is 1. The number of carbonyl (C=O) groups is 1. The molecule has 0 atom stereocenters. The molecular formula is C18H15NO3. The second-order valence-corrected chi connectivity index (χ2v) is 5.38. The zero-order valence-corrected chi connectivity index (χ0v) is 12.5. The SMILES string of the molecule is COc1cc2c3c(c1OC)-c1ccccc1C(=O)C3=NCC2. The normalized spacial score (nSPS) is 14.8. The first-order chi connectivity index (χ1) is 10.8. The Balaban J connectivity index is 2.18. The Morgan fingerprint density at radius 1 is 1.05 bits per heavy atom. The summed E-state index contributed by atoms with van der Waals surface area (Å²) >= 11 is 0. The lowest BCUT2D eigenvalue weighted by atomic mass is 9.78. The van der Waals surface area contributed by atoms with Crippen LogP contribution in [0.2, 0.25) is 0 Å². The van der Waals surface area contributed by atoms with Crippen molar-refractivity contribution in [2.75, 3.05) is 20.8 Å². The van der Waals surface area contributed by atoms with Gasteiger partial charge >= 0.3 is 0 Å². The van der Waals surface area contributed by atoms with E-state index >= 15 is 0 Å². The lowest BCUT2D eigenvalue weighted by Crippen LogP contribution is -2.27. The van der Waals surface area contributed by atoms with E-state index in [1.54, 1.807) is 14.2 Å². The van der Waals surface area contributed by atoms with Gasteiger partial charge in [0.25, 0.3) is 0 Å². The van der Waals surface area contributed by atoms with Crippen LogP contribution in [0.4, 0.5) is 0 Å². The van der Waals surface area contributed by atoms with E-state index in [2.05, 4.69) is 4.99 Å². The van der Waals surface area contributed by atoms with E-state index in [-0.39, 0.29) is 5.78 Å². The first-order valence-electron chi connectivity index (χ1n) is 7.23. The molecule has 1 aliphatic carbocycles. The van der Waals surface area contributed by atoms with Gasteiger partial charge < -0.3 is 9.47 Å². The van der Waals surface area contributed by atoms with Gasteiger partial charge in [0.1, 0.15) is 5.71 Å². The highest BCUT2D eigenvalue weighted by Gasteiger charge is 2.35. The number of benzene rings is 2. The van der Waals surface area contributed by atoms with Crippen LogP contribution in [0.1, 0.15) is 21.5 Å². The maximum absolute atomic E-state index is 12.7. The van der Waals surface area contributed by atoms with E-state index in [9.17, 15) is 4.79 Å². The number of ether oxygens (including phenoxy) is 2. The van der Waals surface area contributed by atoms with Crippen LogP contribution >= 0.6 is 0 Å². The fourth-order valence-electron chi connectivity index (χ4n) is 3.35. The van der Waals surface area contributed by atoms with Crippen LogP contribution in [0, 0.1) is 0 Å². The molecule has 4 rings (SSSR count). The third-order valence-electron chi connectivity index (χ3n) is 4.30. The highest BCUT2D eigenvalue weighted by molar-refractivity contribution is 6.55. The van der Waals surface area contributed by atoms with Crippen molar-refractivity contribution in [3.8, 4) is 22.6 Å². The van der Waals surface area contributed by atoms with Gasteiger partial charge in [-0.2, -0.15) is 0 Å². The summed E-state index contributed by atoms with van der Waals surface area (Å²) in [6.45, 7) is 0.630. The monoisotopic (exact) mass is 293 g/mol. The molecule has 1 aliphatic heterocycles. The minimum atomic E-state index is -0.00345. The molecule has 2 aromatic rings. The summed E-state index contributed by atoms with van der Waals surface area (Å²) in [5.41, 5.74) is 5.04. The van der Waals surface area contributed by atoms with Gasteiger partial charge in [-0.15, -0.1) is 0 Å². The van der Waals surface area contributed by atoms with Crippen LogP contribution in [0.5, 0.6) is 11.5 Å². The molecule has 0 amide bonds. The molecule has 2 aromatic carbocycles. The Kier molecular flexibility index (Phi) is 2.79. The predicted octanol–water partition coefficient (Wildman–Crippen LogP) is 2.91. The molecule has 4 heteroatoms. The van der Waals surface area contributed by atoms with E-state index in [0.717, 1.165) is 28.7 Å². The van der Waals surface area contributed by atoms with E-state index < -0.39 is 0 Å². The standard InChI is InChI=1S/C18H15NO3/c1-21-13-9-10-7-8-19-16-14(10)15(18(13)22-2)11-5-3-4-6-12(11)17(16)20/h3-6,9H,7-8H2,1-2H3. The molecule has 0 radical (unpaired) electrons. The number of fused-ring (bicyclic) bond motifs is 2. The molecule has 0 unspecified atom stereocenters. The van der Waals surface area contributed by atoms with Crippen molar-refractivity contribution >= 4 is 11.5 Å². The molecule has 4 nitrogen and oxygen atoms in total. The molecule has 1 heterocycles. The Morgan fingerprint density at radius 2 is 1.82 bits per heavy atom. The van der Waals surface area contributed by atoms with Gasteiger partial charge in [0.15, 0.2) is 11.5 Å². The molecule has 110 valence electrons. The minimum Gasteiger partial charge on any atom is -0.493 e. The van der Waals surface area contributed by atoms with Gasteiger partial charge in [-0.1, -0.05) is 24.3 Å². The molecule has 0 fully saturated rings. The summed E-state index contributed by atoms with van der Waals surface area (Å²) in [4.78, 5) is 17.2. The summed E-state index contributed by atoms with van der Waals surface area (Å²) in [6.07, 6.45) is 0.807. The van der Waals surface area contributed by atoms with E-state index in [1.807, 2.05) is 30.3 Å². The maximum Gasteiger partial charge on any atom is 0.212 e. The second kappa shape index (κ2) is 4.70. The fourth-order valence-corrected chi connectivity index (χ4v) is 3.35. The summed E-state index contributed by atoms with van der Waals surface area (Å²) in [7, 11) is 3.26. The van der Waals surface area contributed by atoms with Crippen molar-refractivity contribution in [2.24, 2.45) is 4.99 Å². The Bertz CT molecular complexity index is 836. The van der Waals surface area contributed by atoms with Gasteiger partial charge in [-0.25, -0.2) is 0 Å². The highest BCUT2D eigenvalue weighted by Crippen LogP contribution is 2.47. The number of methoxy groups -OCH3 is 2. The average Bonchev–Trinajstić information content (AvgIpc) is 2.58. The molecule has 22 heavy (non-hydrogen) atoms. The Labute approximate surface area is 128 Å². The van der Waals surface area contributed by atoms with Crippen LogP contribution < -0.4 is 9.47 Å². The van der Waals surface area contributed by atoms with Crippen molar-refractivity contribution in [2.45, 2.75) is 6.42 Å². The molecule has 0 saturated heterocycles. The smallest absolute Gasteiger partial charge is 0.212 e. The van der Waals surface area contributed by atoms with Gasteiger partial charge in [0.05, 0.1) is 14.2 Å². The van der Waals surface area contributed by atoms with Gasteiger partial charge in [0.2, 0.25) is 5.78 Å². The number of aliphatic imine (C=N–C) groups is 1. The predicted molar refractivity (Wildman–Crippen MR) is 84.4 cm³/mol. The van der Waals surface area contributed by atoms with E-state index in [4.69, 9.17) is 9.47 Å². The molecule has 0 saturated carbocycles. The summed E-state index contributed by atoms with van der Waals surface area (Å²) < 4.78 is 11.1. The van der Waals surface area contributed by atoms with Crippen LogP contribution in [0.25, 0.3) is 11.1 Å². The molecule has 0 bridgehead atoms. The van der Waals surface area contributed by atoms with Gasteiger partial charge in [0, 0.05) is 23.2 Å². The summed E-state index contributed by atoms with van der Waals surface area (Å²) in [5, 5.41) is 0. The largest absolute Gasteiger partial charge is 0.493 e. The van der Waals surface area contributed by atoms with E-state index in [1.165, 1.54) is 0 Å². The molecule has 2 aliphatic rings. The maximum atomic E-state index is 12.7. The number of nitrogens with zero attached hydrogens (tertiary/aromatic N) is 1. The van der Waals surface area contributed by atoms with Gasteiger partial charge in [-0.05, 0) is 23.6 Å². The van der Waals surface area contributed by atoms with Crippen LogP contribution in [-0.2, 0) is 6.42 Å². The van der Waals surface area contributed by atoms with Crippen molar-refractivity contribution in [3.05, 3.63) is 47.0 Å². The van der Waals surface area contributed by atoms with Crippen molar-refractivity contribution in [3.63, 3.8) is 0 Å². The second-order valence-electron chi connectivity index (χ2n) is 5.38. The molecule has 0 spiro atoms. The molecule has 0 N–H and O–H groups in total. The molecular weight excluding hydrogens is 278 g/mol. The van der Waals surface area contributed by atoms with Crippen LogP contribution in [-0.4, -0.2) is 32.3 Å². The number of hydrogen-bond acceptors (Lipinski definition) is 4. The fraction of sp³-hybridized carbons (Fsp3) is 0.222. The zero-order valence-electron chi connectivity index (χ0n) is 12.5. The van der Waals surface area contributed by atoms with Gasteiger partial charge in [-0.3, -0.25) is 9.79 Å². The summed E-state index contributed by atoms with van der Waals surface area (Å²) in [5.74, 6) is 1.36. The van der Waals surface area contributed by atoms with E-state index in [0.29, 0.717) is 29.3 Å². The third-order valence-corrected chi connectivity index (χ3v) is 4.30. The average molecular weight is 293 g/mol. The minimum absolute atomic E-state index is 0.00345. The third kappa shape index (κ3) is 1.58. The Hall–Kier alpha value is -2.62. The van der Waals surface area contributed by atoms with Crippen molar-refractivity contribution < 1.29 is 14.3 Å². The van der Waals surface area contributed by atoms with Crippen molar-refractivity contribution in [1.82, 2.24) is 0 Å². The number of rotatable bonds is 2.